The number of benzene rings is 2. The Hall–Kier alpha value is -3.10. The molecule has 1 aliphatic carbocycles. The minimum atomic E-state index is -1.03. The standard InChI is InChI=1S/C20H16F3N3.CH4O2/c21-15-4-6-18(25-14-2-3-14)20(19(15)23)26-17-5-1-13(11-16(17)22)12-7-9-24-10-8-12;2-1-3/h1,4-11,14,25-26H,2-3H2;2-3H,1H2. The first-order valence-electron chi connectivity index (χ1n) is 8.96. The van der Waals surface area contributed by atoms with E-state index in [0.717, 1.165) is 24.5 Å². The van der Waals surface area contributed by atoms with Crippen LogP contribution in [0.5, 0.6) is 0 Å². The number of nitrogens with one attached hydrogen (secondary N) is 2. The summed E-state index contributed by atoms with van der Waals surface area (Å²) in [6, 6.07) is 10.9. The fourth-order valence-corrected chi connectivity index (χ4v) is 2.72. The maximum atomic E-state index is 14.5. The Labute approximate surface area is 165 Å². The molecule has 0 spiro atoms. The lowest BCUT2D eigenvalue weighted by Gasteiger charge is -2.16. The van der Waals surface area contributed by atoms with E-state index < -0.39 is 24.2 Å². The van der Waals surface area contributed by atoms with Gasteiger partial charge in [-0.2, -0.15) is 0 Å². The molecule has 0 amide bonds. The van der Waals surface area contributed by atoms with Gasteiger partial charge in [0.05, 0.1) is 11.4 Å². The van der Waals surface area contributed by atoms with Gasteiger partial charge in [0.15, 0.2) is 11.6 Å². The largest absolute Gasteiger partial charge is 0.381 e. The number of anilines is 3. The number of aliphatic hydroxyl groups is 2. The summed E-state index contributed by atoms with van der Waals surface area (Å²) in [4.78, 5) is 3.93. The summed E-state index contributed by atoms with van der Waals surface area (Å²) in [7, 11) is 0. The van der Waals surface area contributed by atoms with Crippen LogP contribution in [0.25, 0.3) is 11.1 Å². The topological polar surface area (TPSA) is 77.4 Å². The summed E-state index contributed by atoms with van der Waals surface area (Å²) in [6.07, 6.45) is 5.20. The molecule has 1 aliphatic rings. The fourth-order valence-electron chi connectivity index (χ4n) is 2.72. The van der Waals surface area contributed by atoms with Crippen molar-refractivity contribution in [1.29, 1.82) is 0 Å². The van der Waals surface area contributed by atoms with E-state index in [9.17, 15) is 13.2 Å². The number of rotatable bonds is 5. The van der Waals surface area contributed by atoms with Crippen molar-refractivity contribution in [2.45, 2.75) is 18.9 Å². The smallest absolute Gasteiger partial charge is 0.184 e. The SMILES string of the molecule is Fc1cc(-c2ccncc2)ccc1Nc1c(NC2CC2)ccc(F)c1F.OCO. The number of hydrogen-bond donors (Lipinski definition) is 4. The Kier molecular flexibility index (Phi) is 6.69. The quantitative estimate of drug-likeness (QED) is 0.475. The van der Waals surface area contributed by atoms with Crippen LogP contribution in [0.1, 0.15) is 12.8 Å². The molecule has 0 aliphatic heterocycles. The molecule has 0 radical (unpaired) electrons. The summed E-state index contributed by atoms with van der Waals surface area (Å²) in [6.45, 7) is -0.750. The van der Waals surface area contributed by atoms with Crippen LogP contribution in [-0.4, -0.2) is 28.0 Å². The Morgan fingerprint density at radius 3 is 2.14 bits per heavy atom. The highest BCUT2D eigenvalue weighted by molar-refractivity contribution is 5.77. The van der Waals surface area contributed by atoms with Crippen LogP contribution in [0.2, 0.25) is 0 Å². The monoisotopic (exact) mass is 403 g/mol. The molecular weight excluding hydrogens is 383 g/mol. The van der Waals surface area contributed by atoms with E-state index in [1.165, 1.54) is 18.2 Å². The highest BCUT2D eigenvalue weighted by atomic mass is 19.2. The van der Waals surface area contributed by atoms with Crippen molar-refractivity contribution in [3.63, 3.8) is 0 Å². The highest BCUT2D eigenvalue weighted by Gasteiger charge is 2.24. The van der Waals surface area contributed by atoms with E-state index in [-0.39, 0.29) is 17.4 Å². The Morgan fingerprint density at radius 1 is 0.862 bits per heavy atom. The van der Waals surface area contributed by atoms with E-state index in [2.05, 4.69) is 15.6 Å². The fraction of sp³-hybridized carbons (Fsp3) is 0.190. The first-order chi connectivity index (χ1) is 14.0. The number of pyridine rings is 1. The maximum Gasteiger partial charge on any atom is 0.184 e. The van der Waals surface area contributed by atoms with Gasteiger partial charge in [-0.3, -0.25) is 4.98 Å². The van der Waals surface area contributed by atoms with Crippen LogP contribution in [0.3, 0.4) is 0 Å². The van der Waals surface area contributed by atoms with Crippen molar-refractivity contribution >= 4 is 17.1 Å². The zero-order valence-corrected chi connectivity index (χ0v) is 15.4. The molecule has 1 saturated carbocycles. The van der Waals surface area contributed by atoms with Crippen molar-refractivity contribution in [3.05, 3.63) is 72.3 Å². The van der Waals surface area contributed by atoms with E-state index in [1.807, 2.05) is 0 Å². The third-order valence-electron chi connectivity index (χ3n) is 4.27. The number of nitrogens with zero attached hydrogens (tertiary/aromatic N) is 1. The lowest BCUT2D eigenvalue weighted by molar-refractivity contribution is 0.0773. The predicted molar refractivity (Wildman–Crippen MR) is 105 cm³/mol. The number of hydrogen-bond acceptors (Lipinski definition) is 5. The lowest BCUT2D eigenvalue weighted by Crippen LogP contribution is -2.07. The van der Waals surface area contributed by atoms with Gasteiger partial charge in [0.2, 0.25) is 0 Å². The zero-order chi connectivity index (χ0) is 20.8. The highest BCUT2D eigenvalue weighted by Crippen LogP contribution is 2.35. The average Bonchev–Trinajstić information content (AvgIpc) is 3.54. The second kappa shape index (κ2) is 9.40. The normalized spacial score (nSPS) is 12.7. The predicted octanol–water partition coefficient (Wildman–Crippen LogP) is 4.41. The summed E-state index contributed by atoms with van der Waals surface area (Å²) in [5.74, 6) is -2.57. The van der Waals surface area contributed by atoms with E-state index in [1.54, 1.807) is 30.6 Å². The van der Waals surface area contributed by atoms with Crippen LogP contribution < -0.4 is 10.6 Å². The van der Waals surface area contributed by atoms with Gasteiger partial charge in [-0.1, -0.05) is 6.07 Å². The number of aromatic nitrogens is 1. The van der Waals surface area contributed by atoms with E-state index in [0.29, 0.717) is 11.3 Å². The van der Waals surface area contributed by atoms with Gasteiger partial charge in [0, 0.05) is 18.4 Å². The summed E-state index contributed by atoms with van der Waals surface area (Å²) >= 11 is 0. The van der Waals surface area contributed by atoms with Gasteiger partial charge >= 0.3 is 0 Å². The second-order valence-electron chi connectivity index (χ2n) is 6.40. The molecule has 5 nitrogen and oxygen atoms in total. The molecule has 1 heterocycles. The molecule has 0 bridgehead atoms. The molecule has 0 atom stereocenters. The number of halogens is 3. The first kappa shape index (κ1) is 20.6. The van der Waals surface area contributed by atoms with Crippen LogP contribution in [0.15, 0.2) is 54.9 Å². The lowest BCUT2D eigenvalue weighted by atomic mass is 10.1. The van der Waals surface area contributed by atoms with Crippen molar-refractivity contribution < 1.29 is 23.4 Å². The van der Waals surface area contributed by atoms with Crippen molar-refractivity contribution in [1.82, 2.24) is 4.98 Å². The summed E-state index contributed by atoms with van der Waals surface area (Å²) < 4.78 is 42.5. The van der Waals surface area contributed by atoms with Gasteiger partial charge in [-0.05, 0) is 60.4 Å². The third-order valence-corrected chi connectivity index (χ3v) is 4.27. The maximum absolute atomic E-state index is 14.5. The molecule has 4 rings (SSSR count). The van der Waals surface area contributed by atoms with Gasteiger partial charge in [0.1, 0.15) is 18.3 Å². The van der Waals surface area contributed by atoms with Crippen LogP contribution >= 0.6 is 0 Å². The number of aliphatic hydroxyl groups excluding tert-OH is 1. The molecule has 8 heteroatoms. The minimum absolute atomic E-state index is 0.0751. The molecule has 1 aromatic heterocycles. The second-order valence-corrected chi connectivity index (χ2v) is 6.40. The first-order valence-corrected chi connectivity index (χ1v) is 8.96. The van der Waals surface area contributed by atoms with Crippen LogP contribution in [0.4, 0.5) is 30.2 Å². The molecule has 0 unspecified atom stereocenters. The Balaban J connectivity index is 0.000000755. The van der Waals surface area contributed by atoms with Crippen molar-refractivity contribution in [2.24, 2.45) is 0 Å². The summed E-state index contributed by atoms with van der Waals surface area (Å²) in [5.41, 5.74) is 1.90. The molecular formula is C21H20F3N3O2. The molecule has 4 N–H and O–H groups in total. The Morgan fingerprint density at radius 2 is 1.52 bits per heavy atom. The average molecular weight is 403 g/mol. The van der Waals surface area contributed by atoms with E-state index >= 15 is 0 Å². The van der Waals surface area contributed by atoms with Crippen LogP contribution in [0, 0.1) is 17.5 Å². The molecule has 3 aromatic rings. The van der Waals surface area contributed by atoms with Gasteiger partial charge in [0.25, 0.3) is 0 Å². The minimum Gasteiger partial charge on any atom is -0.381 e. The van der Waals surface area contributed by atoms with Crippen molar-refractivity contribution in [2.75, 3.05) is 17.4 Å². The van der Waals surface area contributed by atoms with Crippen molar-refractivity contribution in [3.8, 4) is 11.1 Å². The third kappa shape index (κ3) is 5.24. The zero-order valence-electron chi connectivity index (χ0n) is 15.4. The molecule has 1 fully saturated rings. The Bertz CT molecular complexity index is 967. The summed E-state index contributed by atoms with van der Waals surface area (Å²) in [5, 5.41) is 20.1. The molecule has 0 saturated heterocycles. The molecule has 2 aromatic carbocycles. The van der Waals surface area contributed by atoms with Gasteiger partial charge in [-0.25, -0.2) is 13.2 Å². The molecule has 29 heavy (non-hydrogen) atoms. The molecule has 152 valence electrons. The van der Waals surface area contributed by atoms with Crippen LogP contribution in [-0.2, 0) is 0 Å². The van der Waals surface area contributed by atoms with Gasteiger partial charge < -0.3 is 20.8 Å². The van der Waals surface area contributed by atoms with Gasteiger partial charge in [-0.15, -0.1) is 0 Å². The van der Waals surface area contributed by atoms with E-state index in [4.69, 9.17) is 10.2 Å².